The average molecular weight is 311 g/mol. The van der Waals surface area contributed by atoms with Crippen molar-refractivity contribution >= 4 is 16.9 Å². The SMILES string of the molecule is Cc1[nH]c2ccccc2c1CC1CCN(C(=O)NC2CC2)CC1. The maximum absolute atomic E-state index is 12.1. The molecule has 0 radical (unpaired) electrons. The van der Waals surface area contributed by atoms with Crippen molar-refractivity contribution in [1.29, 1.82) is 0 Å². The number of carbonyl (C=O) groups excluding carboxylic acids is 1. The van der Waals surface area contributed by atoms with E-state index >= 15 is 0 Å². The highest BCUT2D eigenvalue weighted by molar-refractivity contribution is 5.84. The third-order valence-corrected chi connectivity index (χ3v) is 5.33. The summed E-state index contributed by atoms with van der Waals surface area (Å²) >= 11 is 0. The minimum absolute atomic E-state index is 0.147. The van der Waals surface area contributed by atoms with Gasteiger partial charge in [0, 0.05) is 35.7 Å². The zero-order chi connectivity index (χ0) is 15.8. The summed E-state index contributed by atoms with van der Waals surface area (Å²) in [5.41, 5.74) is 3.99. The molecular weight excluding hydrogens is 286 g/mol. The number of para-hydroxylation sites is 1. The third kappa shape index (κ3) is 3.07. The predicted molar refractivity (Wildman–Crippen MR) is 92.6 cm³/mol. The Morgan fingerprint density at radius 2 is 1.96 bits per heavy atom. The summed E-state index contributed by atoms with van der Waals surface area (Å²) in [6, 6.07) is 9.16. The molecule has 2 heterocycles. The molecule has 0 unspecified atom stereocenters. The van der Waals surface area contributed by atoms with Crippen molar-refractivity contribution in [3.05, 3.63) is 35.5 Å². The lowest BCUT2D eigenvalue weighted by Crippen LogP contribution is -2.45. The lowest BCUT2D eigenvalue weighted by Gasteiger charge is -2.32. The van der Waals surface area contributed by atoms with E-state index in [1.54, 1.807) is 0 Å². The number of rotatable bonds is 3. The van der Waals surface area contributed by atoms with Crippen molar-refractivity contribution in [2.75, 3.05) is 13.1 Å². The van der Waals surface area contributed by atoms with Crippen molar-refractivity contribution in [3.63, 3.8) is 0 Å². The monoisotopic (exact) mass is 311 g/mol. The number of fused-ring (bicyclic) bond motifs is 1. The summed E-state index contributed by atoms with van der Waals surface area (Å²) in [7, 11) is 0. The smallest absolute Gasteiger partial charge is 0.317 e. The second-order valence-electron chi connectivity index (χ2n) is 7.13. The first-order chi connectivity index (χ1) is 11.2. The van der Waals surface area contributed by atoms with Gasteiger partial charge in [-0.05, 0) is 56.6 Å². The highest BCUT2D eigenvalue weighted by atomic mass is 16.2. The number of carbonyl (C=O) groups is 1. The molecule has 122 valence electrons. The van der Waals surface area contributed by atoms with E-state index in [1.807, 2.05) is 4.90 Å². The molecule has 1 aromatic heterocycles. The third-order valence-electron chi connectivity index (χ3n) is 5.33. The predicted octanol–water partition coefficient (Wildman–Crippen LogP) is 3.60. The van der Waals surface area contributed by atoms with Gasteiger partial charge in [0.05, 0.1) is 0 Å². The number of hydrogen-bond acceptors (Lipinski definition) is 1. The van der Waals surface area contributed by atoms with Gasteiger partial charge in [0.15, 0.2) is 0 Å². The van der Waals surface area contributed by atoms with Crippen molar-refractivity contribution in [1.82, 2.24) is 15.2 Å². The number of aryl methyl sites for hydroxylation is 1. The van der Waals surface area contributed by atoms with E-state index in [0.717, 1.165) is 45.2 Å². The van der Waals surface area contributed by atoms with Crippen LogP contribution in [0.2, 0.25) is 0 Å². The second-order valence-corrected chi connectivity index (χ2v) is 7.13. The van der Waals surface area contributed by atoms with Crippen LogP contribution in [0.25, 0.3) is 10.9 Å². The minimum Gasteiger partial charge on any atom is -0.358 e. The summed E-state index contributed by atoms with van der Waals surface area (Å²) in [5.74, 6) is 0.679. The van der Waals surface area contributed by atoms with Crippen LogP contribution >= 0.6 is 0 Å². The van der Waals surface area contributed by atoms with Gasteiger partial charge in [-0.1, -0.05) is 18.2 Å². The molecule has 4 nitrogen and oxygen atoms in total. The first-order valence-corrected chi connectivity index (χ1v) is 8.82. The van der Waals surface area contributed by atoms with E-state index in [1.165, 1.54) is 22.2 Å². The first-order valence-electron chi connectivity index (χ1n) is 8.82. The van der Waals surface area contributed by atoms with Crippen LogP contribution in [-0.4, -0.2) is 35.0 Å². The molecule has 23 heavy (non-hydrogen) atoms. The summed E-state index contributed by atoms with van der Waals surface area (Å²) in [6.07, 6.45) is 5.64. The van der Waals surface area contributed by atoms with Gasteiger partial charge in [-0.25, -0.2) is 4.79 Å². The summed E-state index contributed by atoms with van der Waals surface area (Å²) < 4.78 is 0. The van der Waals surface area contributed by atoms with Crippen LogP contribution in [0.3, 0.4) is 0 Å². The van der Waals surface area contributed by atoms with Gasteiger partial charge in [-0.3, -0.25) is 0 Å². The van der Waals surface area contributed by atoms with E-state index in [9.17, 15) is 4.79 Å². The Hall–Kier alpha value is -1.97. The topological polar surface area (TPSA) is 48.1 Å². The number of likely N-dealkylation sites (tertiary alicyclic amines) is 1. The molecule has 1 saturated carbocycles. The number of aromatic amines is 1. The highest BCUT2D eigenvalue weighted by Gasteiger charge is 2.28. The Kier molecular flexibility index (Phi) is 3.76. The molecule has 0 atom stereocenters. The highest BCUT2D eigenvalue weighted by Crippen LogP contribution is 2.29. The molecule has 2 amide bonds. The lowest BCUT2D eigenvalue weighted by atomic mass is 9.89. The Morgan fingerprint density at radius 3 is 2.70 bits per heavy atom. The summed E-state index contributed by atoms with van der Waals surface area (Å²) in [5, 5.41) is 4.46. The van der Waals surface area contributed by atoms with Crippen LogP contribution in [0.5, 0.6) is 0 Å². The van der Waals surface area contributed by atoms with Gasteiger partial charge in [-0.15, -0.1) is 0 Å². The molecule has 4 heteroatoms. The van der Waals surface area contributed by atoms with E-state index < -0.39 is 0 Å². The fourth-order valence-electron chi connectivity index (χ4n) is 3.72. The fourth-order valence-corrected chi connectivity index (χ4v) is 3.72. The molecule has 0 bridgehead atoms. The minimum atomic E-state index is 0.147. The standard InChI is InChI=1S/C19H25N3O/c1-13-17(16-4-2-3-5-18(16)20-13)12-14-8-10-22(11-9-14)19(23)21-15-6-7-15/h2-5,14-15,20H,6-12H2,1H3,(H,21,23). The molecule has 2 aliphatic rings. The van der Waals surface area contributed by atoms with Crippen molar-refractivity contribution in [2.45, 2.75) is 45.1 Å². The van der Waals surface area contributed by atoms with Crippen LogP contribution < -0.4 is 5.32 Å². The summed E-state index contributed by atoms with van der Waals surface area (Å²) in [4.78, 5) is 17.6. The molecule has 1 saturated heterocycles. The van der Waals surface area contributed by atoms with E-state index in [4.69, 9.17) is 0 Å². The quantitative estimate of drug-likeness (QED) is 0.894. The van der Waals surface area contributed by atoms with E-state index in [0.29, 0.717) is 12.0 Å². The van der Waals surface area contributed by atoms with E-state index in [2.05, 4.69) is 41.5 Å². The maximum atomic E-state index is 12.1. The van der Waals surface area contributed by atoms with Gasteiger partial charge in [0.2, 0.25) is 0 Å². The molecule has 2 N–H and O–H groups in total. The van der Waals surface area contributed by atoms with Crippen LogP contribution in [-0.2, 0) is 6.42 Å². The number of aromatic nitrogens is 1. The van der Waals surface area contributed by atoms with Crippen molar-refractivity contribution in [2.24, 2.45) is 5.92 Å². The maximum Gasteiger partial charge on any atom is 0.317 e. The number of urea groups is 1. The molecule has 1 aromatic carbocycles. The van der Waals surface area contributed by atoms with Crippen LogP contribution in [0, 0.1) is 12.8 Å². The molecule has 2 fully saturated rings. The van der Waals surface area contributed by atoms with Crippen LogP contribution in [0.4, 0.5) is 4.79 Å². The number of piperidine rings is 1. The molecule has 1 aliphatic heterocycles. The van der Waals surface area contributed by atoms with Gasteiger partial charge in [0.25, 0.3) is 0 Å². The van der Waals surface area contributed by atoms with Crippen molar-refractivity contribution < 1.29 is 4.79 Å². The van der Waals surface area contributed by atoms with Crippen LogP contribution in [0.1, 0.15) is 36.9 Å². The summed E-state index contributed by atoms with van der Waals surface area (Å²) in [6.45, 7) is 3.96. The molecule has 0 spiro atoms. The van der Waals surface area contributed by atoms with Gasteiger partial charge >= 0.3 is 6.03 Å². The average Bonchev–Trinajstić information content (AvgIpc) is 3.32. The van der Waals surface area contributed by atoms with Gasteiger partial charge < -0.3 is 15.2 Å². The Morgan fingerprint density at radius 1 is 1.22 bits per heavy atom. The number of hydrogen-bond donors (Lipinski definition) is 2. The zero-order valence-corrected chi connectivity index (χ0v) is 13.8. The number of nitrogens with one attached hydrogen (secondary N) is 2. The largest absolute Gasteiger partial charge is 0.358 e. The first kappa shape index (κ1) is 14.6. The van der Waals surface area contributed by atoms with E-state index in [-0.39, 0.29) is 6.03 Å². The number of benzene rings is 1. The van der Waals surface area contributed by atoms with Gasteiger partial charge in [-0.2, -0.15) is 0 Å². The Balaban J connectivity index is 1.38. The number of nitrogens with zero attached hydrogens (tertiary/aromatic N) is 1. The Bertz CT molecular complexity index is 708. The number of amides is 2. The molecular formula is C19H25N3O. The zero-order valence-electron chi connectivity index (χ0n) is 13.8. The van der Waals surface area contributed by atoms with Crippen LogP contribution in [0.15, 0.2) is 24.3 Å². The van der Waals surface area contributed by atoms with Crippen molar-refractivity contribution in [3.8, 4) is 0 Å². The molecule has 4 rings (SSSR count). The normalized spacial score (nSPS) is 19.3. The fraction of sp³-hybridized carbons (Fsp3) is 0.526. The van der Waals surface area contributed by atoms with Gasteiger partial charge in [0.1, 0.15) is 0 Å². The number of H-pyrrole nitrogens is 1. The molecule has 2 aromatic rings. The molecule has 1 aliphatic carbocycles. The lowest BCUT2D eigenvalue weighted by molar-refractivity contribution is 0.170. The second kappa shape index (κ2) is 5.91. The Labute approximate surface area is 137 Å².